The van der Waals surface area contributed by atoms with Crippen LogP contribution in [0.1, 0.15) is 24.5 Å². The number of hydrogen-bond donors (Lipinski definition) is 2. The summed E-state index contributed by atoms with van der Waals surface area (Å²) in [6.07, 6.45) is 2.72. The van der Waals surface area contributed by atoms with Crippen molar-refractivity contribution in [2.75, 3.05) is 18.5 Å². The minimum atomic E-state index is -0.0830. The Morgan fingerprint density at radius 3 is 3.00 bits per heavy atom. The van der Waals surface area contributed by atoms with Gasteiger partial charge in [-0.25, -0.2) is 4.98 Å². The van der Waals surface area contributed by atoms with Crippen molar-refractivity contribution in [3.05, 3.63) is 23.4 Å². The Bertz CT molecular complexity index is 441. The first-order valence-corrected chi connectivity index (χ1v) is 6.04. The molecule has 0 spiro atoms. The van der Waals surface area contributed by atoms with Gasteiger partial charge in [0.25, 0.3) is 0 Å². The van der Waals surface area contributed by atoms with Crippen LogP contribution in [0.15, 0.2) is 12.3 Å². The van der Waals surface area contributed by atoms with Crippen LogP contribution in [-0.2, 0) is 4.74 Å². The van der Waals surface area contributed by atoms with Gasteiger partial charge in [-0.3, -0.25) is 0 Å². The number of hydrogen-bond acceptors (Lipinski definition) is 4. The molecule has 3 N–H and O–H groups in total. The lowest BCUT2D eigenvalue weighted by atomic mass is 10.0. The van der Waals surface area contributed by atoms with Crippen molar-refractivity contribution in [2.45, 2.75) is 25.8 Å². The quantitative estimate of drug-likeness (QED) is 0.799. The first-order valence-electron chi connectivity index (χ1n) is 5.63. The largest absolute Gasteiger partial charge is 0.389 e. The molecule has 1 aromatic rings. The van der Waals surface area contributed by atoms with E-state index in [-0.39, 0.29) is 5.54 Å². The predicted octanol–water partition coefficient (Wildman–Crippen LogP) is 1.62. The Kier molecular flexibility index (Phi) is 3.31. The van der Waals surface area contributed by atoms with Crippen LogP contribution in [0, 0.1) is 6.92 Å². The SMILES string of the molecule is Cc1ccnc(NC2(C)CCOC2)c1C(N)=S. The van der Waals surface area contributed by atoms with E-state index >= 15 is 0 Å². The third-order valence-corrected chi connectivity index (χ3v) is 3.25. The molecule has 1 aromatic heterocycles. The van der Waals surface area contributed by atoms with Crippen LogP contribution >= 0.6 is 12.2 Å². The van der Waals surface area contributed by atoms with Crippen molar-refractivity contribution >= 4 is 23.0 Å². The highest BCUT2D eigenvalue weighted by molar-refractivity contribution is 7.80. The van der Waals surface area contributed by atoms with E-state index in [1.807, 2.05) is 13.0 Å². The Morgan fingerprint density at radius 1 is 1.65 bits per heavy atom. The molecule has 2 heterocycles. The van der Waals surface area contributed by atoms with Crippen molar-refractivity contribution in [2.24, 2.45) is 5.73 Å². The number of nitrogens with two attached hydrogens (primary N) is 1. The van der Waals surface area contributed by atoms with Crippen LogP contribution in [0.25, 0.3) is 0 Å². The highest BCUT2D eigenvalue weighted by Gasteiger charge is 2.30. The molecule has 1 aliphatic rings. The molecule has 0 saturated carbocycles. The molecule has 1 aliphatic heterocycles. The average Bonchev–Trinajstić information content (AvgIpc) is 2.64. The molecule has 1 atom stereocenters. The zero-order chi connectivity index (χ0) is 12.5. The molecule has 1 unspecified atom stereocenters. The maximum absolute atomic E-state index is 5.75. The highest BCUT2D eigenvalue weighted by Crippen LogP contribution is 2.25. The Morgan fingerprint density at radius 2 is 2.41 bits per heavy atom. The lowest BCUT2D eigenvalue weighted by Crippen LogP contribution is -2.36. The summed E-state index contributed by atoms with van der Waals surface area (Å²) in [5.74, 6) is 0.755. The summed E-state index contributed by atoms with van der Waals surface area (Å²) in [5.41, 5.74) is 7.54. The number of aromatic nitrogens is 1. The zero-order valence-electron chi connectivity index (χ0n) is 10.1. The summed E-state index contributed by atoms with van der Waals surface area (Å²) in [6, 6.07) is 1.91. The van der Waals surface area contributed by atoms with Crippen LogP contribution in [0.2, 0.25) is 0 Å². The topological polar surface area (TPSA) is 60.2 Å². The number of aryl methyl sites for hydroxylation is 1. The van der Waals surface area contributed by atoms with Crippen LogP contribution in [0.4, 0.5) is 5.82 Å². The maximum atomic E-state index is 5.75. The minimum absolute atomic E-state index is 0.0830. The lowest BCUT2D eigenvalue weighted by molar-refractivity contribution is 0.185. The summed E-state index contributed by atoms with van der Waals surface area (Å²) in [5, 5.41) is 3.40. The van der Waals surface area contributed by atoms with Crippen molar-refractivity contribution in [3.63, 3.8) is 0 Å². The van der Waals surface area contributed by atoms with Gasteiger partial charge in [0.1, 0.15) is 10.8 Å². The van der Waals surface area contributed by atoms with Gasteiger partial charge in [0.15, 0.2) is 0 Å². The third-order valence-electron chi connectivity index (χ3n) is 3.04. The molecule has 4 nitrogen and oxygen atoms in total. The van der Waals surface area contributed by atoms with Crippen molar-refractivity contribution in [3.8, 4) is 0 Å². The Balaban J connectivity index is 2.32. The van der Waals surface area contributed by atoms with Crippen molar-refractivity contribution in [1.82, 2.24) is 4.98 Å². The van der Waals surface area contributed by atoms with Gasteiger partial charge >= 0.3 is 0 Å². The maximum Gasteiger partial charge on any atom is 0.136 e. The van der Waals surface area contributed by atoms with Gasteiger partial charge in [0.2, 0.25) is 0 Å². The number of nitrogens with one attached hydrogen (secondary N) is 1. The molecule has 0 amide bonds. The molecular weight excluding hydrogens is 234 g/mol. The van der Waals surface area contributed by atoms with E-state index in [0.29, 0.717) is 11.6 Å². The molecule has 1 fully saturated rings. The number of anilines is 1. The second kappa shape index (κ2) is 4.58. The smallest absolute Gasteiger partial charge is 0.136 e. The summed E-state index contributed by atoms with van der Waals surface area (Å²) in [4.78, 5) is 4.71. The normalized spacial score (nSPS) is 23.6. The number of pyridine rings is 1. The number of thiocarbonyl (C=S) groups is 1. The van der Waals surface area contributed by atoms with E-state index in [0.717, 1.165) is 30.0 Å². The summed E-state index contributed by atoms with van der Waals surface area (Å²) in [7, 11) is 0. The van der Waals surface area contributed by atoms with E-state index in [1.54, 1.807) is 6.20 Å². The fourth-order valence-electron chi connectivity index (χ4n) is 2.02. The second-order valence-electron chi connectivity index (χ2n) is 4.70. The molecular formula is C12H17N3OS. The standard InChI is InChI=1S/C12H17N3OS/c1-8-3-5-14-11(9(8)10(13)17)15-12(2)4-6-16-7-12/h3,5H,4,6-7H2,1-2H3,(H2,13,17)(H,14,15). The summed E-state index contributed by atoms with van der Waals surface area (Å²) >= 11 is 5.08. The van der Waals surface area contributed by atoms with Crippen LogP contribution in [0.5, 0.6) is 0 Å². The van der Waals surface area contributed by atoms with E-state index in [1.165, 1.54) is 0 Å². The average molecular weight is 251 g/mol. The monoisotopic (exact) mass is 251 g/mol. The Labute approximate surface area is 107 Å². The Hall–Kier alpha value is -1.20. The number of rotatable bonds is 3. The first kappa shape index (κ1) is 12.3. The molecule has 0 aromatic carbocycles. The molecule has 5 heteroatoms. The van der Waals surface area contributed by atoms with Crippen LogP contribution in [-0.4, -0.2) is 28.7 Å². The highest BCUT2D eigenvalue weighted by atomic mass is 32.1. The molecule has 0 aliphatic carbocycles. The fourth-order valence-corrected chi connectivity index (χ4v) is 2.27. The van der Waals surface area contributed by atoms with E-state index in [2.05, 4.69) is 17.2 Å². The van der Waals surface area contributed by atoms with Crippen molar-refractivity contribution < 1.29 is 4.74 Å². The van der Waals surface area contributed by atoms with Crippen LogP contribution < -0.4 is 11.1 Å². The second-order valence-corrected chi connectivity index (χ2v) is 5.14. The van der Waals surface area contributed by atoms with Crippen LogP contribution in [0.3, 0.4) is 0 Å². The summed E-state index contributed by atoms with van der Waals surface area (Å²) in [6.45, 7) is 5.55. The fraction of sp³-hybridized carbons (Fsp3) is 0.500. The molecule has 17 heavy (non-hydrogen) atoms. The number of ether oxygens (including phenoxy) is 1. The third kappa shape index (κ3) is 2.56. The van der Waals surface area contributed by atoms with Gasteiger partial charge in [-0.1, -0.05) is 12.2 Å². The van der Waals surface area contributed by atoms with Gasteiger partial charge in [-0.05, 0) is 31.9 Å². The molecule has 1 saturated heterocycles. The lowest BCUT2D eigenvalue weighted by Gasteiger charge is -2.26. The summed E-state index contributed by atoms with van der Waals surface area (Å²) < 4.78 is 5.41. The van der Waals surface area contributed by atoms with E-state index in [9.17, 15) is 0 Å². The minimum Gasteiger partial charge on any atom is -0.389 e. The van der Waals surface area contributed by atoms with Gasteiger partial charge in [-0.2, -0.15) is 0 Å². The predicted molar refractivity (Wildman–Crippen MR) is 72.3 cm³/mol. The molecule has 2 rings (SSSR count). The van der Waals surface area contributed by atoms with Gasteiger partial charge < -0.3 is 15.8 Å². The molecule has 92 valence electrons. The van der Waals surface area contributed by atoms with E-state index in [4.69, 9.17) is 22.7 Å². The first-order chi connectivity index (χ1) is 8.02. The molecule has 0 radical (unpaired) electrons. The van der Waals surface area contributed by atoms with Crippen molar-refractivity contribution in [1.29, 1.82) is 0 Å². The van der Waals surface area contributed by atoms with Gasteiger partial charge in [0.05, 0.1) is 17.7 Å². The van der Waals surface area contributed by atoms with Gasteiger partial charge in [-0.15, -0.1) is 0 Å². The number of nitrogens with zero attached hydrogens (tertiary/aromatic N) is 1. The van der Waals surface area contributed by atoms with E-state index < -0.39 is 0 Å². The zero-order valence-corrected chi connectivity index (χ0v) is 10.9. The van der Waals surface area contributed by atoms with Gasteiger partial charge in [0, 0.05) is 12.8 Å². The molecule has 0 bridgehead atoms.